The molecule has 0 spiro atoms. The third-order valence-corrected chi connectivity index (χ3v) is 3.68. The van der Waals surface area contributed by atoms with Crippen molar-refractivity contribution in [3.05, 3.63) is 33.9 Å². The predicted octanol–water partition coefficient (Wildman–Crippen LogP) is 4.35. The normalized spacial score (nSPS) is 11.4. The highest BCUT2D eigenvalue weighted by atomic mass is 35.5. The predicted molar refractivity (Wildman–Crippen MR) is 74.5 cm³/mol. The Morgan fingerprint density at radius 1 is 1.29 bits per heavy atom. The van der Waals surface area contributed by atoms with Crippen molar-refractivity contribution >= 4 is 40.8 Å². The number of hydrogen-bond donors (Lipinski definition) is 1. The minimum absolute atomic E-state index is 0.0219. The zero-order valence-corrected chi connectivity index (χ0v) is 12.3. The van der Waals surface area contributed by atoms with Gasteiger partial charge in [0.1, 0.15) is 16.9 Å². The van der Waals surface area contributed by atoms with Crippen molar-refractivity contribution < 1.29 is 13.2 Å². The maximum atomic E-state index is 12.7. The summed E-state index contributed by atoms with van der Waals surface area (Å²) in [5, 5.41) is 13.8. The molecule has 0 fully saturated rings. The van der Waals surface area contributed by atoms with E-state index in [9.17, 15) is 13.2 Å². The van der Waals surface area contributed by atoms with E-state index in [4.69, 9.17) is 34.2 Å². The van der Waals surface area contributed by atoms with Crippen molar-refractivity contribution in [2.45, 2.75) is 11.1 Å². The number of halogens is 5. The first-order valence-corrected chi connectivity index (χ1v) is 6.79. The number of nitriles is 1. The van der Waals surface area contributed by atoms with E-state index >= 15 is 0 Å². The van der Waals surface area contributed by atoms with Crippen LogP contribution in [0.5, 0.6) is 0 Å². The van der Waals surface area contributed by atoms with Gasteiger partial charge >= 0.3 is 6.18 Å². The molecule has 0 bridgehead atoms. The molecule has 1 heterocycles. The van der Waals surface area contributed by atoms with Crippen molar-refractivity contribution in [2.75, 3.05) is 5.73 Å². The number of anilines is 1. The van der Waals surface area contributed by atoms with Crippen molar-refractivity contribution in [1.29, 1.82) is 5.26 Å². The van der Waals surface area contributed by atoms with Gasteiger partial charge in [-0.05, 0) is 23.9 Å². The molecule has 0 atom stereocenters. The Morgan fingerprint density at radius 2 is 1.86 bits per heavy atom. The summed E-state index contributed by atoms with van der Waals surface area (Å²) >= 11 is 12.5. The van der Waals surface area contributed by atoms with Gasteiger partial charge in [-0.25, -0.2) is 4.68 Å². The number of aromatic nitrogens is 2. The second-order valence-corrected chi connectivity index (χ2v) is 5.43. The van der Waals surface area contributed by atoms with Gasteiger partial charge in [-0.15, -0.1) is 0 Å². The van der Waals surface area contributed by atoms with Gasteiger partial charge in [0.05, 0.1) is 26.7 Å². The van der Waals surface area contributed by atoms with Gasteiger partial charge in [0.2, 0.25) is 0 Å². The molecule has 0 amide bonds. The molecule has 0 aliphatic carbocycles. The Hall–Kier alpha value is -1.56. The van der Waals surface area contributed by atoms with Crippen LogP contribution in [0.3, 0.4) is 0 Å². The highest BCUT2D eigenvalue weighted by molar-refractivity contribution is 8.03. The lowest BCUT2D eigenvalue weighted by molar-refractivity contribution is -0.137. The highest BCUT2D eigenvalue weighted by Gasteiger charge is 2.32. The SMILES string of the molecule is N#CSc1cnn(-c2c(Cl)cc(C(F)(F)F)cc2Cl)c1N. The molecule has 0 saturated carbocycles. The second kappa shape index (κ2) is 5.67. The molecular weight excluding hydrogens is 348 g/mol. The summed E-state index contributed by atoms with van der Waals surface area (Å²) in [5.41, 5.74) is 4.82. The Morgan fingerprint density at radius 3 is 2.33 bits per heavy atom. The number of alkyl halides is 3. The van der Waals surface area contributed by atoms with Crippen LogP contribution in [0.2, 0.25) is 10.0 Å². The Bertz CT molecular complexity index is 713. The number of nitrogens with two attached hydrogens (primary N) is 1. The van der Waals surface area contributed by atoms with Crippen molar-refractivity contribution in [3.8, 4) is 11.1 Å². The molecule has 0 aliphatic rings. The summed E-state index contributed by atoms with van der Waals surface area (Å²) in [4.78, 5) is 0.351. The smallest absolute Gasteiger partial charge is 0.383 e. The van der Waals surface area contributed by atoms with Crippen LogP contribution >= 0.6 is 35.0 Å². The third kappa shape index (κ3) is 3.05. The number of rotatable bonds is 2. The van der Waals surface area contributed by atoms with E-state index in [0.29, 0.717) is 4.90 Å². The van der Waals surface area contributed by atoms with Crippen molar-refractivity contribution in [1.82, 2.24) is 9.78 Å². The maximum Gasteiger partial charge on any atom is 0.416 e. The van der Waals surface area contributed by atoms with Crippen LogP contribution in [0.15, 0.2) is 23.2 Å². The number of benzene rings is 1. The molecule has 0 saturated heterocycles. The molecule has 0 radical (unpaired) electrons. The summed E-state index contributed by atoms with van der Waals surface area (Å²) in [5.74, 6) is 0.0603. The third-order valence-electron chi connectivity index (χ3n) is 2.48. The van der Waals surface area contributed by atoms with Crippen LogP contribution in [0.1, 0.15) is 5.56 Å². The van der Waals surface area contributed by atoms with Crippen molar-refractivity contribution in [3.63, 3.8) is 0 Å². The summed E-state index contributed by atoms with van der Waals surface area (Å²) in [6.07, 6.45) is -3.27. The van der Waals surface area contributed by atoms with E-state index in [1.165, 1.54) is 6.20 Å². The fourth-order valence-electron chi connectivity index (χ4n) is 1.58. The summed E-state index contributed by atoms with van der Waals surface area (Å²) in [6, 6.07) is 1.47. The minimum Gasteiger partial charge on any atom is -0.383 e. The topological polar surface area (TPSA) is 67.6 Å². The quantitative estimate of drug-likeness (QED) is 0.644. The van der Waals surface area contributed by atoms with E-state index in [2.05, 4.69) is 5.10 Å². The van der Waals surface area contributed by atoms with Gasteiger partial charge in [-0.1, -0.05) is 23.2 Å². The van der Waals surface area contributed by atoms with Gasteiger partial charge in [-0.2, -0.15) is 23.5 Å². The van der Waals surface area contributed by atoms with Crippen LogP contribution in [-0.4, -0.2) is 9.78 Å². The minimum atomic E-state index is -4.57. The van der Waals surface area contributed by atoms with Crippen LogP contribution < -0.4 is 5.73 Å². The first-order valence-electron chi connectivity index (χ1n) is 5.21. The average Bonchev–Trinajstić information content (AvgIpc) is 2.70. The molecule has 2 aromatic rings. The van der Waals surface area contributed by atoms with Gasteiger partial charge < -0.3 is 5.73 Å². The Labute approximate surface area is 131 Å². The number of thioether (sulfide) groups is 1. The van der Waals surface area contributed by atoms with Crippen LogP contribution in [0.4, 0.5) is 19.0 Å². The lowest BCUT2D eigenvalue weighted by Crippen LogP contribution is -2.08. The molecule has 10 heteroatoms. The average molecular weight is 353 g/mol. The van der Waals surface area contributed by atoms with Crippen LogP contribution in [0.25, 0.3) is 5.69 Å². The maximum absolute atomic E-state index is 12.7. The van der Waals surface area contributed by atoms with Crippen molar-refractivity contribution in [2.24, 2.45) is 0 Å². The van der Waals surface area contributed by atoms with Crippen LogP contribution in [-0.2, 0) is 6.18 Å². The van der Waals surface area contributed by atoms with Gasteiger partial charge in [0.15, 0.2) is 0 Å². The fraction of sp³-hybridized carbons (Fsp3) is 0.0909. The van der Waals surface area contributed by atoms with Gasteiger partial charge in [0.25, 0.3) is 0 Å². The number of nitrogens with zero attached hydrogens (tertiary/aromatic N) is 3. The molecule has 21 heavy (non-hydrogen) atoms. The second-order valence-electron chi connectivity index (χ2n) is 3.79. The number of thiocyanates is 1. The summed E-state index contributed by atoms with van der Waals surface area (Å²) < 4.78 is 39.1. The summed E-state index contributed by atoms with van der Waals surface area (Å²) in [6.45, 7) is 0. The molecule has 1 aromatic carbocycles. The molecule has 1 aromatic heterocycles. The number of hydrogen-bond acceptors (Lipinski definition) is 4. The molecule has 0 aliphatic heterocycles. The van der Waals surface area contributed by atoms with E-state index in [-0.39, 0.29) is 21.6 Å². The molecule has 2 rings (SSSR count). The van der Waals surface area contributed by atoms with Gasteiger partial charge in [-0.3, -0.25) is 0 Å². The lowest BCUT2D eigenvalue weighted by Gasteiger charge is -2.13. The first kappa shape index (κ1) is 15.8. The molecule has 0 unspecified atom stereocenters. The monoisotopic (exact) mass is 352 g/mol. The fourth-order valence-corrected chi connectivity index (χ4v) is 2.62. The highest BCUT2D eigenvalue weighted by Crippen LogP contribution is 2.39. The van der Waals surface area contributed by atoms with E-state index in [0.717, 1.165) is 28.6 Å². The molecule has 110 valence electrons. The first-order chi connectivity index (χ1) is 9.75. The Kier molecular flexibility index (Phi) is 4.27. The van der Waals surface area contributed by atoms with E-state index in [1.807, 2.05) is 5.40 Å². The largest absolute Gasteiger partial charge is 0.416 e. The molecule has 4 nitrogen and oxygen atoms in total. The Balaban J connectivity index is 2.59. The zero-order chi connectivity index (χ0) is 15.8. The van der Waals surface area contributed by atoms with Crippen LogP contribution in [0, 0.1) is 10.7 Å². The molecular formula is C11H5Cl2F3N4S. The molecule has 2 N–H and O–H groups in total. The zero-order valence-electron chi connectivity index (χ0n) is 9.95. The number of nitrogen functional groups attached to an aromatic ring is 1. The van der Waals surface area contributed by atoms with E-state index in [1.54, 1.807) is 0 Å². The standard InChI is InChI=1S/C11H5Cl2F3N4S/c12-6-1-5(11(14,15)16)2-7(13)9(6)20-10(18)8(3-19-20)21-4-17/h1-3H,18H2. The van der Waals surface area contributed by atoms with E-state index < -0.39 is 11.7 Å². The van der Waals surface area contributed by atoms with Gasteiger partial charge in [0, 0.05) is 0 Å². The lowest BCUT2D eigenvalue weighted by atomic mass is 10.2. The summed E-state index contributed by atoms with van der Waals surface area (Å²) in [7, 11) is 0.